The summed E-state index contributed by atoms with van der Waals surface area (Å²) in [5.74, 6) is 0. The molecule has 1 aliphatic carbocycles. The number of fused-ring (bicyclic) bond motifs is 8. The van der Waals surface area contributed by atoms with Gasteiger partial charge in [-0.3, -0.25) is 0 Å². The monoisotopic (exact) mass is 700 g/mol. The van der Waals surface area contributed by atoms with Gasteiger partial charge in [-0.25, -0.2) is 0 Å². The molecule has 0 radical (unpaired) electrons. The molecule has 10 aromatic rings. The van der Waals surface area contributed by atoms with Crippen molar-refractivity contribution >= 4 is 49.6 Å². The van der Waals surface area contributed by atoms with Crippen molar-refractivity contribution in [1.29, 1.82) is 0 Å². The third-order valence-electron chi connectivity index (χ3n) is 11.6. The molecule has 0 amide bonds. The zero-order chi connectivity index (χ0) is 36.3. The molecule has 1 aliphatic rings. The summed E-state index contributed by atoms with van der Waals surface area (Å²) < 4.78 is 2.40. The molecule has 1 aromatic heterocycles. The molecular formula is C53H36N2. The highest BCUT2D eigenvalue weighted by atomic mass is 15.1. The number of benzene rings is 9. The molecule has 0 N–H and O–H groups in total. The SMILES string of the molecule is c1ccc(N(c2ccc3ccc4c(c3c2)-c2ccccc2C4(c2ccccc2)c2ccccc2)c2ccc3c4ccccc4n(-c4ccccc4)c3c2)cc1. The van der Waals surface area contributed by atoms with Gasteiger partial charge in [0.05, 0.1) is 16.4 Å². The Balaban J connectivity index is 1.18. The highest BCUT2D eigenvalue weighted by molar-refractivity contribution is 6.11. The van der Waals surface area contributed by atoms with E-state index in [1.807, 2.05) is 0 Å². The van der Waals surface area contributed by atoms with Crippen LogP contribution < -0.4 is 4.90 Å². The fourth-order valence-electron chi connectivity index (χ4n) is 9.37. The summed E-state index contributed by atoms with van der Waals surface area (Å²) in [6.07, 6.45) is 0. The van der Waals surface area contributed by atoms with Gasteiger partial charge in [0.1, 0.15) is 0 Å². The Kier molecular flexibility index (Phi) is 7.11. The predicted octanol–water partition coefficient (Wildman–Crippen LogP) is 13.8. The van der Waals surface area contributed by atoms with Crippen LogP contribution in [0.2, 0.25) is 0 Å². The van der Waals surface area contributed by atoms with Crippen molar-refractivity contribution in [3.05, 3.63) is 241 Å². The number of anilines is 3. The van der Waals surface area contributed by atoms with Gasteiger partial charge in [-0.1, -0.05) is 164 Å². The third kappa shape index (κ3) is 4.68. The van der Waals surface area contributed by atoms with Crippen molar-refractivity contribution < 1.29 is 0 Å². The van der Waals surface area contributed by atoms with E-state index in [9.17, 15) is 0 Å². The van der Waals surface area contributed by atoms with E-state index < -0.39 is 5.41 Å². The highest BCUT2D eigenvalue weighted by Gasteiger charge is 2.46. The first-order valence-corrected chi connectivity index (χ1v) is 19.0. The minimum atomic E-state index is -0.451. The van der Waals surface area contributed by atoms with Crippen LogP contribution in [0.5, 0.6) is 0 Å². The Morgan fingerprint density at radius 1 is 0.364 bits per heavy atom. The molecular weight excluding hydrogens is 665 g/mol. The van der Waals surface area contributed by atoms with E-state index in [4.69, 9.17) is 0 Å². The maximum Gasteiger partial charge on any atom is 0.0713 e. The largest absolute Gasteiger partial charge is 0.310 e. The molecule has 0 bridgehead atoms. The summed E-state index contributed by atoms with van der Waals surface area (Å²) in [5, 5.41) is 4.96. The first kappa shape index (κ1) is 31.4. The van der Waals surface area contributed by atoms with Crippen molar-refractivity contribution in [1.82, 2.24) is 4.57 Å². The molecule has 11 rings (SSSR count). The van der Waals surface area contributed by atoms with Gasteiger partial charge in [0.2, 0.25) is 0 Å². The molecule has 2 nitrogen and oxygen atoms in total. The Hall–Kier alpha value is -7.16. The molecule has 2 heteroatoms. The van der Waals surface area contributed by atoms with E-state index in [0.29, 0.717) is 0 Å². The van der Waals surface area contributed by atoms with Crippen molar-refractivity contribution in [2.75, 3.05) is 4.90 Å². The lowest BCUT2D eigenvalue weighted by molar-refractivity contribution is 0.769. The minimum absolute atomic E-state index is 0.451. The van der Waals surface area contributed by atoms with E-state index in [-0.39, 0.29) is 0 Å². The lowest BCUT2D eigenvalue weighted by Crippen LogP contribution is -2.28. The lowest BCUT2D eigenvalue weighted by Gasteiger charge is -2.34. The molecule has 0 fully saturated rings. The standard InChI is InChI=1S/C53H36N2/c1-5-17-38(18-6-1)53(39-19-7-2-8-20-39)48-27-15-13-26-46(48)52-47-35-42(31-29-37(47)30-34-49(52)53)54(40-21-9-3-10-22-40)43-32-33-45-44-25-14-16-28-50(44)55(51(45)36-43)41-23-11-4-12-24-41/h1-36H. The molecule has 0 saturated carbocycles. The van der Waals surface area contributed by atoms with E-state index in [0.717, 1.165) is 22.7 Å². The minimum Gasteiger partial charge on any atom is -0.310 e. The van der Waals surface area contributed by atoms with Crippen LogP contribution in [0.4, 0.5) is 17.1 Å². The first-order chi connectivity index (χ1) is 27.3. The normalized spacial score (nSPS) is 12.9. The summed E-state index contributed by atoms with van der Waals surface area (Å²) in [5.41, 5.74) is 14.2. The Morgan fingerprint density at radius 2 is 0.927 bits per heavy atom. The molecule has 0 saturated heterocycles. The average Bonchev–Trinajstić information content (AvgIpc) is 3.76. The van der Waals surface area contributed by atoms with Gasteiger partial charge in [-0.05, 0) is 98.8 Å². The molecule has 55 heavy (non-hydrogen) atoms. The number of hydrogen-bond acceptors (Lipinski definition) is 1. The summed E-state index contributed by atoms with van der Waals surface area (Å²) >= 11 is 0. The second-order valence-corrected chi connectivity index (χ2v) is 14.5. The number of para-hydroxylation sites is 3. The van der Waals surface area contributed by atoms with Gasteiger partial charge in [-0.15, -0.1) is 0 Å². The Labute approximate surface area is 320 Å². The summed E-state index contributed by atoms with van der Waals surface area (Å²) in [6.45, 7) is 0. The lowest BCUT2D eigenvalue weighted by atomic mass is 9.67. The predicted molar refractivity (Wildman–Crippen MR) is 230 cm³/mol. The number of aromatic nitrogens is 1. The van der Waals surface area contributed by atoms with E-state index in [1.54, 1.807) is 0 Å². The van der Waals surface area contributed by atoms with Crippen molar-refractivity contribution in [3.63, 3.8) is 0 Å². The van der Waals surface area contributed by atoms with Crippen LogP contribution in [0, 0.1) is 0 Å². The number of rotatable bonds is 6. The second-order valence-electron chi connectivity index (χ2n) is 14.5. The molecule has 258 valence electrons. The van der Waals surface area contributed by atoms with Crippen LogP contribution in [-0.4, -0.2) is 4.57 Å². The smallest absolute Gasteiger partial charge is 0.0713 e. The van der Waals surface area contributed by atoms with Gasteiger partial charge in [0.15, 0.2) is 0 Å². The molecule has 9 aromatic carbocycles. The van der Waals surface area contributed by atoms with Gasteiger partial charge >= 0.3 is 0 Å². The van der Waals surface area contributed by atoms with Crippen molar-refractivity contribution in [2.24, 2.45) is 0 Å². The Morgan fingerprint density at radius 3 is 1.67 bits per heavy atom. The van der Waals surface area contributed by atoms with Crippen LogP contribution in [0.3, 0.4) is 0 Å². The summed E-state index contributed by atoms with van der Waals surface area (Å²) in [7, 11) is 0. The zero-order valence-corrected chi connectivity index (χ0v) is 30.2. The molecule has 0 spiro atoms. The fraction of sp³-hybridized carbons (Fsp3) is 0.0189. The third-order valence-corrected chi connectivity index (χ3v) is 11.6. The average molecular weight is 701 g/mol. The van der Waals surface area contributed by atoms with Gasteiger partial charge in [0, 0.05) is 33.5 Å². The van der Waals surface area contributed by atoms with Gasteiger partial charge in [0.25, 0.3) is 0 Å². The maximum absolute atomic E-state index is 2.42. The summed E-state index contributed by atoms with van der Waals surface area (Å²) in [4.78, 5) is 2.41. The zero-order valence-electron chi connectivity index (χ0n) is 30.2. The number of nitrogens with zero attached hydrogens (tertiary/aromatic N) is 2. The van der Waals surface area contributed by atoms with Crippen molar-refractivity contribution in [3.8, 4) is 16.8 Å². The van der Waals surface area contributed by atoms with E-state index >= 15 is 0 Å². The van der Waals surface area contributed by atoms with Crippen LogP contribution in [-0.2, 0) is 5.41 Å². The Bertz CT molecular complexity index is 2980. The van der Waals surface area contributed by atoms with E-state index in [1.165, 1.54) is 66.0 Å². The van der Waals surface area contributed by atoms with Gasteiger partial charge < -0.3 is 9.47 Å². The molecule has 0 unspecified atom stereocenters. The first-order valence-electron chi connectivity index (χ1n) is 19.0. The van der Waals surface area contributed by atoms with Crippen molar-refractivity contribution in [2.45, 2.75) is 5.41 Å². The topological polar surface area (TPSA) is 8.17 Å². The quantitative estimate of drug-likeness (QED) is 0.168. The molecule has 0 aliphatic heterocycles. The van der Waals surface area contributed by atoms with Gasteiger partial charge in [-0.2, -0.15) is 0 Å². The fourth-order valence-corrected chi connectivity index (χ4v) is 9.37. The summed E-state index contributed by atoms with van der Waals surface area (Å²) in [6, 6.07) is 80.0. The molecule has 1 heterocycles. The highest BCUT2D eigenvalue weighted by Crippen LogP contribution is 2.58. The van der Waals surface area contributed by atoms with Crippen LogP contribution in [0.1, 0.15) is 22.3 Å². The maximum atomic E-state index is 2.42. The van der Waals surface area contributed by atoms with Crippen LogP contribution in [0.15, 0.2) is 218 Å². The number of hydrogen-bond donors (Lipinski definition) is 0. The van der Waals surface area contributed by atoms with E-state index in [2.05, 4.69) is 228 Å². The van der Waals surface area contributed by atoms with Crippen LogP contribution >= 0.6 is 0 Å². The van der Waals surface area contributed by atoms with Crippen LogP contribution in [0.25, 0.3) is 49.4 Å². The second kappa shape index (κ2) is 12.5. The molecule has 0 atom stereocenters.